The number of hydrogen-bond acceptors (Lipinski definition) is 3. The lowest BCUT2D eigenvalue weighted by molar-refractivity contribution is -0.145. The summed E-state index contributed by atoms with van der Waals surface area (Å²) in [7, 11) is 0. The second kappa shape index (κ2) is 5.95. The van der Waals surface area contributed by atoms with Gasteiger partial charge in [0.05, 0.1) is 4.88 Å². The molecule has 0 radical (unpaired) electrons. The Morgan fingerprint density at radius 1 is 1.20 bits per heavy atom. The molecule has 1 heterocycles. The van der Waals surface area contributed by atoms with Crippen LogP contribution in [-0.4, -0.2) is 22.5 Å². The molecule has 0 spiro atoms. The van der Waals surface area contributed by atoms with Crippen molar-refractivity contribution < 1.29 is 14.7 Å². The highest BCUT2D eigenvalue weighted by molar-refractivity contribution is 7.14. The third-order valence-corrected chi connectivity index (χ3v) is 5.26. The van der Waals surface area contributed by atoms with Crippen molar-refractivity contribution in [3.63, 3.8) is 0 Å². The summed E-state index contributed by atoms with van der Waals surface area (Å²) >= 11 is 1.42. The fraction of sp³-hybridized carbons (Fsp3) is 0.600. The predicted molar refractivity (Wildman–Crippen MR) is 79.3 cm³/mol. The van der Waals surface area contributed by atoms with E-state index in [1.54, 1.807) is 0 Å². The number of aryl methyl sites for hydroxylation is 2. The number of aliphatic carboxylic acids is 1. The van der Waals surface area contributed by atoms with Crippen LogP contribution >= 0.6 is 11.3 Å². The average Bonchev–Trinajstić information content (AvgIpc) is 2.62. The molecule has 0 bridgehead atoms. The number of rotatable bonds is 3. The van der Waals surface area contributed by atoms with Crippen LogP contribution in [0.5, 0.6) is 0 Å². The Morgan fingerprint density at radius 2 is 1.80 bits per heavy atom. The normalized spacial score (nSPS) is 18.3. The van der Waals surface area contributed by atoms with Crippen molar-refractivity contribution in [1.29, 1.82) is 0 Å². The monoisotopic (exact) mass is 295 g/mol. The number of carbonyl (C=O) groups is 2. The molecule has 1 amide bonds. The van der Waals surface area contributed by atoms with Crippen LogP contribution in [0.1, 0.15) is 58.6 Å². The van der Waals surface area contributed by atoms with E-state index in [9.17, 15) is 14.7 Å². The fourth-order valence-electron chi connectivity index (χ4n) is 2.69. The van der Waals surface area contributed by atoms with E-state index >= 15 is 0 Å². The number of thiophene rings is 1. The van der Waals surface area contributed by atoms with Gasteiger partial charge in [-0.2, -0.15) is 0 Å². The minimum Gasteiger partial charge on any atom is -0.480 e. The molecule has 4 nitrogen and oxygen atoms in total. The third kappa shape index (κ3) is 3.03. The number of carboxylic acids is 1. The Hall–Kier alpha value is -1.36. The van der Waals surface area contributed by atoms with Crippen LogP contribution in [0.15, 0.2) is 6.07 Å². The Morgan fingerprint density at radius 3 is 2.25 bits per heavy atom. The molecule has 1 saturated carbocycles. The summed E-state index contributed by atoms with van der Waals surface area (Å²) in [4.78, 5) is 25.7. The fourth-order valence-corrected chi connectivity index (χ4v) is 3.62. The maximum absolute atomic E-state index is 12.3. The van der Waals surface area contributed by atoms with Gasteiger partial charge in [-0.1, -0.05) is 25.7 Å². The summed E-state index contributed by atoms with van der Waals surface area (Å²) < 4.78 is 0. The van der Waals surface area contributed by atoms with E-state index in [0.717, 1.165) is 36.1 Å². The lowest BCUT2D eigenvalue weighted by Gasteiger charge is -2.29. The van der Waals surface area contributed by atoms with Gasteiger partial charge in [-0.05, 0) is 38.3 Å². The molecule has 1 aliphatic carbocycles. The van der Waals surface area contributed by atoms with E-state index in [1.165, 1.54) is 11.3 Å². The Balaban J connectivity index is 2.19. The van der Waals surface area contributed by atoms with Gasteiger partial charge in [-0.25, -0.2) is 4.79 Å². The van der Waals surface area contributed by atoms with Crippen molar-refractivity contribution in [3.8, 4) is 0 Å². The zero-order valence-electron chi connectivity index (χ0n) is 12.0. The van der Waals surface area contributed by atoms with Crippen LogP contribution in [-0.2, 0) is 4.79 Å². The van der Waals surface area contributed by atoms with Gasteiger partial charge in [-0.3, -0.25) is 4.79 Å². The van der Waals surface area contributed by atoms with Crippen LogP contribution in [0.2, 0.25) is 0 Å². The Kier molecular flexibility index (Phi) is 4.48. The van der Waals surface area contributed by atoms with Crippen molar-refractivity contribution in [1.82, 2.24) is 5.32 Å². The quantitative estimate of drug-likeness (QED) is 0.841. The largest absolute Gasteiger partial charge is 0.480 e. The molecule has 20 heavy (non-hydrogen) atoms. The highest BCUT2D eigenvalue weighted by atomic mass is 32.1. The average molecular weight is 295 g/mol. The molecule has 110 valence electrons. The van der Waals surface area contributed by atoms with Gasteiger partial charge >= 0.3 is 5.97 Å². The molecular weight excluding hydrogens is 274 g/mol. The SMILES string of the molecule is Cc1cc(C(=O)NC2(C(=O)O)CCCCCC2)sc1C. The summed E-state index contributed by atoms with van der Waals surface area (Å²) in [6, 6.07) is 1.83. The maximum atomic E-state index is 12.3. The van der Waals surface area contributed by atoms with Gasteiger partial charge in [0, 0.05) is 4.88 Å². The molecule has 1 aromatic heterocycles. The number of amides is 1. The van der Waals surface area contributed by atoms with Crippen LogP contribution in [0.4, 0.5) is 0 Å². The van der Waals surface area contributed by atoms with Crippen LogP contribution in [0.3, 0.4) is 0 Å². The summed E-state index contributed by atoms with van der Waals surface area (Å²) in [6.07, 6.45) is 4.85. The molecule has 1 aliphatic rings. The number of carbonyl (C=O) groups excluding carboxylic acids is 1. The topological polar surface area (TPSA) is 66.4 Å². The van der Waals surface area contributed by atoms with Crippen LogP contribution in [0.25, 0.3) is 0 Å². The maximum Gasteiger partial charge on any atom is 0.329 e. The summed E-state index contributed by atoms with van der Waals surface area (Å²) in [6.45, 7) is 3.93. The lowest BCUT2D eigenvalue weighted by atomic mass is 9.90. The Bertz CT molecular complexity index is 494. The van der Waals surface area contributed by atoms with Crippen LogP contribution < -0.4 is 5.32 Å². The van der Waals surface area contributed by atoms with E-state index in [4.69, 9.17) is 0 Å². The van der Waals surface area contributed by atoms with Crippen LogP contribution in [0, 0.1) is 13.8 Å². The zero-order chi connectivity index (χ0) is 14.8. The minimum absolute atomic E-state index is 0.254. The van der Waals surface area contributed by atoms with Crippen molar-refractivity contribution in [2.45, 2.75) is 57.9 Å². The summed E-state index contributed by atoms with van der Waals surface area (Å²) in [5.41, 5.74) is -0.00951. The van der Waals surface area contributed by atoms with E-state index < -0.39 is 11.5 Å². The van der Waals surface area contributed by atoms with Crippen molar-refractivity contribution in [2.24, 2.45) is 0 Å². The molecule has 1 fully saturated rings. The van der Waals surface area contributed by atoms with E-state index in [2.05, 4.69) is 5.32 Å². The summed E-state index contributed by atoms with van der Waals surface area (Å²) in [5.74, 6) is -1.16. The molecule has 0 aromatic carbocycles. The van der Waals surface area contributed by atoms with Gasteiger partial charge in [-0.15, -0.1) is 11.3 Å². The molecule has 5 heteroatoms. The minimum atomic E-state index is -1.08. The first-order chi connectivity index (χ1) is 9.44. The van der Waals surface area contributed by atoms with Gasteiger partial charge in [0.2, 0.25) is 0 Å². The van der Waals surface area contributed by atoms with Crippen molar-refractivity contribution in [3.05, 3.63) is 21.4 Å². The highest BCUT2D eigenvalue weighted by Crippen LogP contribution is 2.29. The third-order valence-electron chi connectivity index (χ3n) is 4.11. The molecule has 0 atom stereocenters. The molecule has 0 aliphatic heterocycles. The second-order valence-corrected chi connectivity index (χ2v) is 6.86. The second-order valence-electron chi connectivity index (χ2n) is 5.61. The zero-order valence-corrected chi connectivity index (χ0v) is 12.8. The number of nitrogens with one attached hydrogen (secondary N) is 1. The number of hydrogen-bond donors (Lipinski definition) is 2. The first-order valence-corrected chi connectivity index (χ1v) is 7.89. The van der Waals surface area contributed by atoms with Crippen molar-refractivity contribution >= 4 is 23.2 Å². The molecule has 0 unspecified atom stereocenters. The predicted octanol–water partition coefficient (Wildman–Crippen LogP) is 3.27. The van der Waals surface area contributed by atoms with Gasteiger partial charge in [0.25, 0.3) is 5.91 Å². The van der Waals surface area contributed by atoms with Gasteiger partial charge in [0.15, 0.2) is 0 Å². The summed E-state index contributed by atoms with van der Waals surface area (Å²) in [5, 5.41) is 12.4. The molecule has 1 aromatic rings. The van der Waals surface area contributed by atoms with E-state index in [1.807, 2.05) is 19.9 Å². The molecular formula is C15H21NO3S. The van der Waals surface area contributed by atoms with Gasteiger partial charge < -0.3 is 10.4 Å². The van der Waals surface area contributed by atoms with E-state index in [-0.39, 0.29) is 5.91 Å². The molecule has 2 rings (SSSR count). The first-order valence-electron chi connectivity index (χ1n) is 7.07. The van der Waals surface area contributed by atoms with E-state index in [0.29, 0.717) is 17.7 Å². The van der Waals surface area contributed by atoms with Gasteiger partial charge in [0.1, 0.15) is 5.54 Å². The smallest absolute Gasteiger partial charge is 0.329 e. The highest BCUT2D eigenvalue weighted by Gasteiger charge is 2.40. The molecule has 0 saturated heterocycles. The first kappa shape index (κ1) is 15.0. The standard InChI is InChI=1S/C15H21NO3S/c1-10-9-12(20-11(10)2)13(17)16-15(14(18)19)7-5-3-4-6-8-15/h9H,3-8H2,1-2H3,(H,16,17)(H,18,19). The van der Waals surface area contributed by atoms with Crippen molar-refractivity contribution in [2.75, 3.05) is 0 Å². The number of carboxylic acid groups (broad SMARTS) is 1. The Labute approximate surface area is 123 Å². The lowest BCUT2D eigenvalue weighted by Crippen LogP contribution is -2.54. The molecule has 2 N–H and O–H groups in total.